The number of nitrogens with zero attached hydrogens (tertiary/aromatic N) is 5. The minimum absolute atomic E-state index is 0.0342. The van der Waals surface area contributed by atoms with Crippen LogP contribution in [0.5, 0.6) is 0 Å². The molecular weight excluding hydrogens is 1090 g/mol. The molecule has 5 rings (SSSR count). The summed E-state index contributed by atoms with van der Waals surface area (Å²) in [4.78, 5) is 132. The maximum atomic E-state index is 15.1. The highest BCUT2D eigenvalue weighted by Crippen LogP contribution is 2.40. The van der Waals surface area contributed by atoms with Crippen LogP contribution >= 0.6 is 0 Å². The lowest BCUT2D eigenvalue weighted by Gasteiger charge is -2.40. The molecule has 0 radical (unpaired) electrons. The molecule has 0 fully saturated rings. The lowest BCUT2D eigenvalue weighted by Crippen LogP contribution is -2.55. The number of aliphatic hydroxyl groups excluding tert-OH is 1. The van der Waals surface area contributed by atoms with Crippen molar-refractivity contribution in [3.8, 4) is 11.3 Å². The number of anilines is 2. The second-order valence-electron chi connectivity index (χ2n) is 19.5. The number of primary amides is 2. The molecule has 1 aliphatic heterocycles. The van der Waals surface area contributed by atoms with Gasteiger partial charge >= 0.3 is 18.2 Å². The number of hydrogen-bond acceptors (Lipinski definition) is 13. The van der Waals surface area contributed by atoms with Gasteiger partial charge in [-0.3, -0.25) is 48.2 Å². The quantitative estimate of drug-likeness (QED) is 0.0261. The molecule has 29 heteroatoms. The molecule has 0 unspecified atom stereocenters. The van der Waals surface area contributed by atoms with Gasteiger partial charge in [0.1, 0.15) is 42.7 Å². The fraction of sp³-hybridized carbons (Fsp3) is 0.377. The number of nitrogens with one attached hydrogen (secondary N) is 4. The Morgan fingerprint density at radius 1 is 0.829 bits per heavy atom. The molecule has 0 bridgehead atoms. The van der Waals surface area contributed by atoms with E-state index in [1.54, 1.807) is 10.8 Å². The fourth-order valence-electron chi connectivity index (χ4n) is 8.29. The van der Waals surface area contributed by atoms with Gasteiger partial charge in [0.25, 0.3) is 11.8 Å². The first-order valence-electron chi connectivity index (χ1n) is 25.1. The number of carbonyl (C=O) groups is 10. The van der Waals surface area contributed by atoms with Crippen molar-refractivity contribution in [2.45, 2.75) is 90.3 Å². The van der Waals surface area contributed by atoms with Crippen LogP contribution < -0.4 is 43.4 Å². The number of hydrogen-bond donors (Lipinski definition) is 9. The monoisotopic (exact) mass is 1150 g/mol. The van der Waals surface area contributed by atoms with Crippen LogP contribution in [-0.2, 0) is 49.7 Å². The van der Waals surface area contributed by atoms with Gasteiger partial charge < -0.3 is 58.1 Å². The maximum Gasteiger partial charge on any atom is 0.490 e. The summed E-state index contributed by atoms with van der Waals surface area (Å²) >= 11 is 0. The molecule has 4 aromatic rings. The molecule has 3 aromatic carbocycles. The Morgan fingerprint density at radius 3 is 2.01 bits per heavy atom. The molecule has 2 heterocycles. The number of nitrogens with two attached hydrogens (primary N) is 3. The van der Waals surface area contributed by atoms with Gasteiger partial charge in [-0.15, -0.1) is 0 Å². The van der Waals surface area contributed by atoms with Crippen LogP contribution in [0.15, 0.2) is 91.1 Å². The minimum Gasteiger partial charge on any atom is -0.475 e. The van der Waals surface area contributed by atoms with E-state index in [1.807, 2.05) is 51.1 Å². The van der Waals surface area contributed by atoms with Gasteiger partial charge in [-0.1, -0.05) is 51.1 Å². The van der Waals surface area contributed by atoms with Crippen molar-refractivity contribution in [2.75, 3.05) is 43.0 Å². The largest absolute Gasteiger partial charge is 0.490 e. The van der Waals surface area contributed by atoms with Crippen molar-refractivity contribution in [1.82, 2.24) is 35.3 Å². The summed E-state index contributed by atoms with van der Waals surface area (Å²) in [6.45, 7) is 5.23. The summed E-state index contributed by atoms with van der Waals surface area (Å²) in [5.41, 5.74) is 17.7. The molecule has 0 aliphatic carbocycles. The van der Waals surface area contributed by atoms with Gasteiger partial charge in [-0.05, 0) is 79.6 Å². The Hall–Kier alpha value is -9.12. The second-order valence-corrected chi connectivity index (χ2v) is 19.5. The Kier molecular flexibility index (Phi) is 23.4. The number of aliphatic hydroxyl groups is 1. The Labute approximate surface area is 466 Å². The van der Waals surface area contributed by atoms with Crippen LogP contribution in [0.25, 0.3) is 11.3 Å². The number of aromatic nitrogens is 2. The normalized spacial score (nSPS) is 13.6. The van der Waals surface area contributed by atoms with E-state index in [1.165, 1.54) is 36.1 Å². The second kappa shape index (κ2) is 29.4. The van der Waals surface area contributed by atoms with Gasteiger partial charge in [0.2, 0.25) is 35.4 Å². The van der Waals surface area contributed by atoms with Crippen LogP contribution in [0, 0.1) is 17.0 Å². The third kappa shape index (κ3) is 19.0. The van der Waals surface area contributed by atoms with Crippen molar-refractivity contribution in [3.63, 3.8) is 0 Å². The molecule has 4 atom stereocenters. The van der Waals surface area contributed by atoms with Crippen LogP contribution in [0.2, 0.25) is 0 Å². The zero-order chi connectivity index (χ0) is 61.2. The molecule has 442 valence electrons. The highest BCUT2D eigenvalue weighted by Gasteiger charge is 2.40. The SMILES string of the molecule is C[C@H](NC(=O)CCNC(=O)[C@@H](N)CCN(C(=O)CO)[C@@H](c1nc(-c2cc(F)ccc2F)cn1Cc1ccccc1)C(C)(C)C)C(=O)N(c1ccc(NC(=O)CN2C(=O)C=CC2=O)cc1)[C@@H](CCCNC(N)=O)C(N)=O.O=C(O)C(F)(F)F. The maximum absolute atomic E-state index is 15.1. The van der Waals surface area contributed by atoms with E-state index in [0.29, 0.717) is 5.82 Å². The van der Waals surface area contributed by atoms with Crippen molar-refractivity contribution < 1.29 is 80.1 Å². The van der Waals surface area contributed by atoms with Gasteiger partial charge in [-0.25, -0.2) is 23.4 Å². The average molecular weight is 1160 g/mol. The van der Waals surface area contributed by atoms with Gasteiger partial charge in [0.05, 0.1) is 17.8 Å². The van der Waals surface area contributed by atoms with Crippen molar-refractivity contribution in [3.05, 3.63) is 114 Å². The van der Waals surface area contributed by atoms with E-state index < -0.39 is 120 Å². The summed E-state index contributed by atoms with van der Waals surface area (Å²) in [6, 6.07) is 12.3. The summed E-state index contributed by atoms with van der Waals surface area (Å²) in [5, 5.41) is 27.4. The van der Waals surface area contributed by atoms with Crippen molar-refractivity contribution >= 4 is 70.6 Å². The lowest BCUT2D eigenvalue weighted by molar-refractivity contribution is -0.192. The van der Waals surface area contributed by atoms with Gasteiger partial charge in [0, 0.05) is 67.9 Å². The molecule has 1 aliphatic rings. The Bertz CT molecular complexity index is 2990. The van der Waals surface area contributed by atoms with Crippen LogP contribution in [0.1, 0.15) is 70.8 Å². The van der Waals surface area contributed by atoms with E-state index in [9.17, 15) is 65.8 Å². The molecule has 0 saturated carbocycles. The number of carbonyl (C=O) groups excluding carboxylic acids is 9. The summed E-state index contributed by atoms with van der Waals surface area (Å²) in [6.07, 6.45) is -1.83. The zero-order valence-corrected chi connectivity index (χ0v) is 44.9. The first-order valence-corrected chi connectivity index (χ1v) is 25.1. The number of urea groups is 1. The van der Waals surface area contributed by atoms with E-state index in [4.69, 9.17) is 32.1 Å². The number of benzene rings is 3. The number of halogens is 5. The van der Waals surface area contributed by atoms with Crippen LogP contribution in [-0.4, -0.2) is 146 Å². The molecule has 12 N–H and O–H groups in total. The number of imide groups is 1. The zero-order valence-electron chi connectivity index (χ0n) is 44.9. The van der Waals surface area contributed by atoms with E-state index in [2.05, 4.69) is 21.3 Å². The molecule has 0 spiro atoms. The molecule has 1 aromatic heterocycles. The number of amides is 10. The Morgan fingerprint density at radius 2 is 1.45 bits per heavy atom. The van der Waals surface area contributed by atoms with E-state index in [0.717, 1.165) is 45.7 Å². The van der Waals surface area contributed by atoms with Crippen molar-refractivity contribution in [2.24, 2.45) is 22.6 Å². The molecule has 82 heavy (non-hydrogen) atoms. The summed E-state index contributed by atoms with van der Waals surface area (Å²) < 4.78 is 63.0. The van der Waals surface area contributed by atoms with Crippen LogP contribution in [0.3, 0.4) is 0 Å². The molecular formula is C53H63F5N12O12. The third-order valence-corrected chi connectivity index (χ3v) is 12.2. The number of carboxylic acid groups (broad SMARTS) is 1. The van der Waals surface area contributed by atoms with E-state index >= 15 is 4.39 Å². The minimum atomic E-state index is -5.08. The van der Waals surface area contributed by atoms with E-state index in [-0.39, 0.29) is 74.5 Å². The molecule has 0 saturated heterocycles. The number of imidazole rings is 1. The predicted octanol–water partition coefficient (Wildman–Crippen LogP) is 2.35. The third-order valence-electron chi connectivity index (χ3n) is 12.2. The first kappa shape index (κ1) is 65.4. The first-order chi connectivity index (χ1) is 38.4. The number of rotatable bonds is 25. The Balaban J connectivity index is 0.00000193. The van der Waals surface area contributed by atoms with Gasteiger partial charge in [0.15, 0.2) is 0 Å². The fourth-order valence-corrected chi connectivity index (χ4v) is 8.29. The number of alkyl halides is 3. The average Bonchev–Trinajstić information content (AvgIpc) is 4.09. The van der Waals surface area contributed by atoms with Crippen LogP contribution in [0.4, 0.5) is 38.1 Å². The summed E-state index contributed by atoms with van der Waals surface area (Å²) in [7, 11) is 0. The smallest absolute Gasteiger partial charge is 0.475 e. The number of aliphatic carboxylic acids is 1. The highest BCUT2D eigenvalue weighted by molar-refractivity contribution is 6.15. The van der Waals surface area contributed by atoms with Gasteiger partial charge in [-0.2, -0.15) is 13.2 Å². The number of carboxylic acids is 1. The molecule has 10 amide bonds. The van der Waals surface area contributed by atoms with Crippen molar-refractivity contribution in [1.29, 1.82) is 0 Å². The topological polar surface area (TPSA) is 365 Å². The molecule has 24 nitrogen and oxygen atoms in total. The highest BCUT2D eigenvalue weighted by atomic mass is 19.4. The predicted molar refractivity (Wildman–Crippen MR) is 284 cm³/mol. The summed E-state index contributed by atoms with van der Waals surface area (Å²) in [5.74, 6) is -9.68. The standard InChI is InChI=1S/C51H62F2N12O10.C2HF3O2/c1-30(49(74)65(39(46(55)72)11-8-22-58-50(56)75)34-15-13-33(14-16-34)60-41(68)28-64-42(69)18-19-43(64)70)59-40(67)20-23-57-48(73)37(54)21-24-63(44(71)29-66)45(51(2,3)4)47-61-38(35-25-32(52)12-17-36(35)53)27-62(47)26-31-9-6-5-7-10-31;3-2(4,5)1(6)7/h5-7,9-10,12-19,25,27,30,37,39,45,66H,8,11,20-24,26,28-29,54H2,1-4H3,(H2,55,72)(H,57,73)(H,59,67)(H,60,68)(H3,56,58,75);(H,6,7)/t30-,37-,39-,45-;/m0./s1. The lowest BCUT2D eigenvalue weighted by atomic mass is 9.84.